The first-order chi connectivity index (χ1) is 17.8. The summed E-state index contributed by atoms with van der Waals surface area (Å²) in [5.74, 6) is 0.484. The predicted octanol–water partition coefficient (Wildman–Crippen LogP) is 5.81. The van der Waals surface area contributed by atoms with E-state index in [1.165, 1.54) is 22.3 Å². The summed E-state index contributed by atoms with van der Waals surface area (Å²) in [6.45, 7) is 3.94. The Morgan fingerprint density at radius 3 is 1.58 bits per heavy atom. The zero-order valence-electron chi connectivity index (χ0n) is 20.9. The lowest BCUT2D eigenvalue weighted by molar-refractivity contribution is 0.592. The number of aromatic nitrogens is 2. The Balaban J connectivity index is 0.000000187. The van der Waals surface area contributed by atoms with E-state index in [1.54, 1.807) is 0 Å². The van der Waals surface area contributed by atoms with Crippen molar-refractivity contribution in [3.63, 3.8) is 0 Å². The molecular weight excluding hydrogens is 451 g/mol. The summed E-state index contributed by atoms with van der Waals surface area (Å²) >= 11 is 0. The molecule has 0 aliphatic carbocycles. The van der Waals surface area contributed by atoms with Crippen LogP contribution in [0.1, 0.15) is 28.1 Å². The van der Waals surface area contributed by atoms with Crippen LogP contribution in [0.3, 0.4) is 0 Å². The van der Waals surface area contributed by atoms with Crippen molar-refractivity contribution in [3.05, 3.63) is 175 Å². The van der Waals surface area contributed by atoms with Crippen LogP contribution in [-0.4, -0.2) is 26.9 Å². The average molecular weight is 485 g/mol. The minimum atomic E-state index is -0.542. The number of hydrogen-bond donors (Lipinski definition) is 0. The fourth-order valence-electron chi connectivity index (χ4n) is 4.78. The SMILES string of the molecule is BC(c1ccccc1)c1ccccc1.C=CC[SiH2]C(c1ccccc1)(c1ccccc1)n1ccnc1. The van der Waals surface area contributed by atoms with Gasteiger partial charge in [-0.05, 0) is 34.1 Å². The van der Waals surface area contributed by atoms with Gasteiger partial charge in [0.2, 0.25) is 0 Å². The number of benzene rings is 4. The van der Waals surface area contributed by atoms with Crippen molar-refractivity contribution >= 4 is 17.4 Å². The molecule has 1 aromatic heterocycles. The molecule has 0 bridgehead atoms. The van der Waals surface area contributed by atoms with Crippen LogP contribution >= 0.6 is 0 Å². The zero-order chi connectivity index (χ0) is 25.1. The van der Waals surface area contributed by atoms with E-state index in [2.05, 4.69) is 152 Å². The molecule has 0 saturated carbocycles. The van der Waals surface area contributed by atoms with Gasteiger partial charge in [-0.2, -0.15) is 0 Å². The lowest BCUT2D eigenvalue weighted by Gasteiger charge is -2.36. The third-order valence-electron chi connectivity index (χ3n) is 6.76. The average Bonchev–Trinajstić information content (AvgIpc) is 3.51. The molecule has 0 spiro atoms. The highest BCUT2D eigenvalue weighted by molar-refractivity contribution is 6.42. The lowest BCUT2D eigenvalue weighted by Crippen LogP contribution is -2.41. The fourth-order valence-corrected chi connectivity index (χ4v) is 6.90. The van der Waals surface area contributed by atoms with E-state index in [1.807, 2.05) is 18.6 Å². The Morgan fingerprint density at radius 2 is 1.19 bits per heavy atom. The van der Waals surface area contributed by atoms with Gasteiger partial charge in [-0.15, -0.1) is 6.58 Å². The zero-order valence-corrected chi connectivity index (χ0v) is 22.4. The molecule has 0 amide bonds. The van der Waals surface area contributed by atoms with Crippen molar-refractivity contribution < 1.29 is 0 Å². The molecule has 0 radical (unpaired) electrons. The molecule has 0 fully saturated rings. The van der Waals surface area contributed by atoms with Crippen LogP contribution in [0.25, 0.3) is 0 Å². The maximum atomic E-state index is 4.31. The molecule has 5 aromatic rings. The van der Waals surface area contributed by atoms with Crippen molar-refractivity contribution in [1.29, 1.82) is 0 Å². The molecule has 2 nitrogen and oxygen atoms in total. The molecule has 4 heteroatoms. The maximum Gasteiger partial charge on any atom is 0.116 e. The topological polar surface area (TPSA) is 17.8 Å². The first kappa shape index (κ1) is 25.2. The van der Waals surface area contributed by atoms with E-state index < -0.39 is 9.52 Å². The van der Waals surface area contributed by atoms with Crippen LogP contribution in [0.2, 0.25) is 6.04 Å². The second-order valence-electron chi connectivity index (χ2n) is 8.93. The van der Waals surface area contributed by atoms with E-state index in [4.69, 9.17) is 0 Å². The van der Waals surface area contributed by atoms with Crippen LogP contribution in [0, 0.1) is 0 Å². The summed E-state index contributed by atoms with van der Waals surface area (Å²) in [7, 11) is 1.70. The van der Waals surface area contributed by atoms with Gasteiger partial charge >= 0.3 is 0 Å². The predicted molar refractivity (Wildman–Crippen MR) is 158 cm³/mol. The van der Waals surface area contributed by atoms with Crippen LogP contribution in [-0.2, 0) is 5.16 Å². The lowest BCUT2D eigenvalue weighted by atomic mass is 9.76. The van der Waals surface area contributed by atoms with E-state index in [9.17, 15) is 0 Å². The molecule has 4 aromatic carbocycles. The monoisotopic (exact) mass is 484 g/mol. The Hall–Kier alpha value is -3.89. The Morgan fingerprint density at radius 1 is 0.750 bits per heavy atom. The molecule has 0 unspecified atom stereocenters. The second-order valence-corrected chi connectivity index (χ2v) is 11.0. The van der Waals surface area contributed by atoms with Crippen molar-refractivity contribution in [3.8, 4) is 0 Å². The Labute approximate surface area is 218 Å². The van der Waals surface area contributed by atoms with Crippen LogP contribution in [0.4, 0.5) is 0 Å². The number of hydrogen-bond acceptors (Lipinski definition) is 1. The number of imidazole rings is 1. The van der Waals surface area contributed by atoms with Gasteiger partial charge in [0.1, 0.15) is 7.85 Å². The van der Waals surface area contributed by atoms with E-state index in [-0.39, 0.29) is 5.16 Å². The molecule has 5 rings (SSSR count). The molecule has 0 aliphatic heterocycles. The summed E-state index contributed by atoms with van der Waals surface area (Å²) in [5, 5.41) is -0.118. The molecule has 0 aliphatic rings. The van der Waals surface area contributed by atoms with Gasteiger partial charge in [-0.1, -0.05) is 127 Å². The van der Waals surface area contributed by atoms with Gasteiger partial charge in [-0.3, -0.25) is 0 Å². The standard InChI is InChI=1S/C19H20N2Si.C13H13B/c1-2-15-22-19(21-14-13-20-16-21,17-9-5-3-6-10-17)18-11-7-4-8-12-18;14-13(11-7-3-1-4-8-11)12-9-5-2-6-10-12/h2-14,16H,1,15,22H2;1-10,13H,14H2. The Kier molecular flexibility index (Phi) is 8.90. The van der Waals surface area contributed by atoms with Gasteiger partial charge in [0.25, 0.3) is 0 Å². The number of nitrogens with zero attached hydrogens (tertiary/aromatic N) is 2. The highest BCUT2D eigenvalue weighted by Crippen LogP contribution is 2.34. The van der Waals surface area contributed by atoms with Crippen molar-refractivity contribution in [1.82, 2.24) is 9.55 Å². The minimum Gasteiger partial charge on any atom is -0.327 e. The molecule has 0 atom stereocenters. The smallest absolute Gasteiger partial charge is 0.116 e. The van der Waals surface area contributed by atoms with Gasteiger partial charge < -0.3 is 4.57 Å². The molecule has 1 heterocycles. The Bertz CT molecular complexity index is 1210. The van der Waals surface area contributed by atoms with Gasteiger partial charge in [0.15, 0.2) is 0 Å². The highest BCUT2D eigenvalue weighted by atomic mass is 28.2. The third kappa shape index (κ3) is 5.84. The summed E-state index contributed by atoms with van der Waals surface area (Å²) in [4.78, 5) is 4.31. The summed E-state index contributed by atoms with van der Waals surface area (Å²) < 4.78 is 2.27. The van der Waals surface area contributed by atoms with Crippen LogP contribution in [0.15, 0.2) is 153 Å². The summed E-state index contributed by atoms with van der Waals surface area (Å²) in [6, 6.07) is 43.8. The quantitative estimate of drug-likeness (QED) is 0.201. The van der Waals surface area contributed by atoms with Gasteiger partial charge in [0.05, 0.1) is 21.0 Å². The van der Waals surface area contributed by atoms with Crippen molar-refractivity contribution in [2.45, 2.75) is 17.0 Å². The van der Waals surface area contributed by atoms with E-state index in [0.717, 1.165) is 6.04 Å². The van der Waals surface area contributed by atoms with Gasteiger partial charge in [-0.25, -0.2) is 4.98 Å². The normalized spacial score (nSPS) is 11.2. The molecule has 36 heavy (non-hydrogen) atoms. The van der Waals surface area contributed by atoms with Crippen LogP contribution in [0.5, 0.6) is 0 Å². The molecular formula is C32H33BN2Si. The molecule has 0 saturated heterocycles. The van der Waals surface area contributed by atoms with E-state index in [0.29, 0.717) is 5.82 Å². The van der Waals surface area contributed by atoms with E-state index >= 15 is 0 Å². The highest BCUT2D eigenvalue weighted by Gasteiger charge is 2.35. The molecule has 178 valence electrons. The van der Waals surface area contributed by atoms with Crippen molar-refractivity contribution in [2.75, 3.05) is 0 Å². The second kappa shape index (κ2) is 12.7. The first-order valence-corrected chi connectivity index (χ1v) is 14.3. The van der Waals surface area contributed by atoms with Gasteiger partial charge in [0, 0.05) is 12.4 Å². The summed E-state index contributed by atoms with van der Waals surface area (Å²) in [5.41, 5.74) is 5.40. The van der Waals surface area contributed by atoms with Crippen molar-refractivity contribution in [2.24, 2.45) is 0 Å². The third-order valence-corrected chi connectivity index (χ3v) is 9.36. The number of allylic oxidation sites excluding steroid dienone is 1. The summed E-state index contributed by atoms with van der Waals surface area (Å²) in [6.07, 6.45) is 7.93. The number of rotatable bonds is 8. The maximum absolute atomic E-state index is 4.31. The minimum absolute atomic E-state index is 0.118. The fraction of sp³-hybridized carbons (Fsp3) is 0.0938. The largest absolute Gasteiger partial charge is 0.327 e. The first-order valence-electron chi connectivity index (χ1n) is 12.6. The molecule has 0 N–H and O–H groups in total. The van der Waals surface area contributed by atoms with Crippen LogP contribution < -0.4 is 0 Å².